The van der Waals surface area contributed by atoms with Crippen molar-refractivity contribution in [1.29, 1.82) is 0 Å². The van der Waals surface area contributed by atoms with E-state index in [9.17, 15) is 0 Å². The van der Waals surface area contributed by atoms with Crippen LogP contribution in [0.5, 0.6) is 0 Å². The van der Waals surface area contributed by atoms with Crippen LogP contribution in [0.4, 0.5) is 0 Å². The van der Waals surface area contributed by atoms with E-state index in [2.05, 4.69) is 0 Å². The average molecular weight is 184 g/mol. The number of ether oxygens (including phenoxy) is 2. The van der Waals surface area contributed by atoms with Crippen molar-refractivity contribution in [2.45, 2.75) is 63.6 Å². The molecule has 1 aliphatic carbocycles. The van der Waals surface area contributed by atoms with E-state index in [4.69, 9.17) is 9.47 Å². The number of hydrogen-bond acceptors (Lipinski definition) is 2. The minimum atomic E-state index is 0.415. The topological polar surface area (TPSA) is 18.5 Å². The van der Waals surface area contributed by atoms with E-state index in [-0.39, 0.29) is 0 Å². The summed E-state index contributed by atoms with van der Waals surface area (Å²) >= 11 is 0. The van der Waals surface area contributed by atoms with E-state index in [0.717, 1.165) is 0 Å². The van der Waals surface area contributed by atoms with Crippen molar-refractivity contribution in [3.63, 3.8) is 0 Å². The zero-order valence-corrected chi connectivity index (χ0v) is 8.34. The molecule has 0 aromatic heterocycles. The van der Waals surface area contributed by atoms with E-state index in [0.29, 0.717) is 19.0 Å². The Morgan fingerprint density at radius 1 is 0.615 bits per heavy atom. The van der Waals surface area contributed by atoms with Crippen molar-refractivity contribution < 1.29 is 9.47 Å². The summed E-state index contributed by atoms with van der Waals surface area (Å²) in [6.07, 6.45) is 11.5. The zero-order chi connectivity index (χ0) is 8.93. The Morgan fingerprint density at radius 2 is 1.08 bits per heavy atom. The Kier molecular flexibility index (Phi) is 3.62. The van der Waals surface area contributed by atoms with E-state index < -0.39 is 0 Å². The maximum atomic E-state index is 5.57. The molecule has 0 spiro atoms. The Hall–Kier alpha value is -0.0800. The highest BCUT2D eigenvalue weighted by Gasteiger charge is 2.28. The molecule has 0 N–H and O–H groups in total. The van der Waals surface area contributed by atoms with Crippen LogP contribution in [0.1, 0.15) is 51.4 Å². The van der Waals surface area contributed by atoms with Crippen LogP contribution in [-0.2, 0) is 9.47 Å². The summed E-state index contributed by atoms with van der Waals surface area (Å²) in [5, 5.41) is 0. The second-order valence-electron chi connectivity index (χ2n) is 4.23. The van der Waals surface area contributed by atoms with Gasteiger partial charge in [-0.2, -0.15) is 0 Å². The largest absolute Gasteiger partial charge is 0.349 e. The lowest BCUT2D eigenvalue weighted by Crippen LogP contribution is -2.22. The molecule has 2 unspecified atom stereocenters. The Labute approximate surface area is 80.6 Å². The van der Waals surface area contributed by atoms with Gasteiger partial charge in [-0.25, -0.2) is 0 Å². The lowest BCUT2D eigenvalue weighted by Gasteiger charge is -2.18. The molecule has 1 heterocycles. The highest BCUT2D eigenvalue weighted by Crippen LogP contribution is 2.25. The molecule has 0 bridgehead atoms. The number of fused-ring (bicyclic) bond motifs is 1. The molecule has 2 nitrogen and oxygen atoms in total. The van der Waals surface area contributed by atoms with Gasteiger partial charge in [-0.05, 0) is 12.8 Å². The quantitative estimate of drug-likeness (QED) is 0.576. The van der Waals surface area contributed by atoms with E-state index >= 15 is 0 Å². The lowest BCUT2D eigenvalue weighted by atomic mass is 9.97. The molecule has 76 valence electrons. The first-order valence-electron chi connectivity index (χ1n) is 5.70. The maximum absolute atomic E-state index is 5.57. The van der Waals surface area contributed by atoms with Gasteiger partial charge < -0.3 is 9.47 Å². The van der Waals surface area contributed by atoms with Crippen LogP contribution < -0.4 is 0 Å². The van der Waals surface area contributed by atoms with Gasteiger partial charge in [0.1, 0.15) is 6.79 Å². The van der Waals surface area contributed by atoms with Crippen LogP contribution in [0.25, 0.3) is 0 Å². The molecule has 0 radical (unpaired) electrons. The molecular weight excluding hydrogens is 164 g/mol. The van der Waals surface area contributed by atoms with Crippen molar-refractivity contribution in [1.82, 2.24) is 0 Å². The molecule has 0 amide bonds. The van der Waals surface area contributed by atoms with Crippen LogP contribution in [0, 0.1) is 0 Å². The predicted octanol–water partition coefficient (Wildman–Crippen LogP) is 2.86. The van der Waals surface area contributed by atoms with Gasteiger partial charge in [-0.3, -0.25) is 0 Å². The fraction of sp³-hybridized carbons (Fsp3) is 1.00. The van der Waals surface area contributed by atoms with E-state index in [1.807, 2.05) is 0 Å². The fourth-order valence-corrected chi connectivity index (χ4v) is 2.37. The van der Waals surface area contributed by atoms with Gasteiger partial charge in [0.2, 0.25) is 0 Å². The highest BCUT2D eigenvalue weighted by atomic mass is 16.7. The van der Waals surface area contributed by atoms with Crippen molar-refractivity contribution in [3.05, 3.63) is 0 Å². The maximum Gasteiger partial charge on any atom is 0.147 e. The van der Waals surface area contributed by atoms with Gasteiger partial charge in [0.15, 0.2) is 0 Å². The molecule has 2 heteroatoms. The normalized spacial score (nSPS) is 36.9. The number of rotatable bonds is 0. The van der Waals surface area contributed by atoms with Crippen LogP contribution in [0.15, 0.2) is 0 Å². The molecule has 1 aliphatic heterocycles. The Balaban J connectivity index is 1.82. The van der Waals surface area contributed by atoms with Crippen LogP contribution in [0.2, 0.25) is 0 Å². The summed E-state index contributed by atoms with van der Waals surface area (Å²) in [6, 6.07) is 0. The zero-order valence-electron chi connectivity index (χ0n) is 8.34. The Bertz CT molecular complexity index is 131. The van der Waals surface area contributed by atoms with Gasteiger partial charge >= 0.3 is 0 Å². The second-order valence-corrected chi connectivity index (χ2v) is 4.23. The molecule has 0 aromatic rings. The average Bonchev–Trinajstić information content (AvgIpc) is 2.59. The molecule has 1 saturated carbocycles. The molecule has 1 saturated heterocycles. The molecule has 2 atom stereocenters. The van der Waals surface area contributed by atoms with Gasteiger partial charge in [0, 0.05) is 0 Å². The summed E-state index contributed by atoms with van der Waals surface area (Å²) in [5.74, 6) is 0. The highest BCUT2D eigenvalue weighted by molar-refractivity contribution is 4.75. The standard InChI is InChI=1S/C11H20O2/c1-2-4-6-8-11-10(7-5-3-1)12-9-13-11/h10-11H,1-9H2. The third-order valence-electron chi connectivity index (χ3n) is 3.21. The van der Waals surface area contributed by atoms with E-state index in [1.54, 1.807) is 0 Å². The van der Waals surface area contributed by atoms with Crippen molar-refractivity contribution in [2.75, 3.05) is 6.79 Å². The monoisotopic (exact) mass is 184 g/mol. The molecule has 0 aromatic carbocycles. The van der Waals surface area contributed by atoms with Crippen LogP contribution >= 0.6 is 0 Å². The first kappa shape index (κ1) is 9.47. The Morgan fingerprint density at radius 3 is 1.62 bits per heavy atom. The number of hydrogen-bond donors (Lipinski definition) is 0. The minimum absolute atomic E-state index is 0.415. The van der Waals surface area contributed by atoms with E-state index in [1.165, 1.54) is 51.4 Å². The summed E-state index contributed by atoms with van der Waals surface area (Å²) in [7, 11) is 0. The smallest absolute Gasteiger partial charge is 0.147 e. The molecule has 2 rings (SSSR count). The van der Waals surface area contributed by atoms with Crippen molar-refractivity contribution in [2.24, 2.45) is 0 Å². The summed E-state index contributed by atoms with van der Waals surface area (Å²) in [5.41, 5.74) is 0. The summed E-state index contributed by atoms with van der Waals surface area (Å²) in [6.45, 7) is 0.537. The molecular formula is C11H20O2. The van der Waals surface area contributed by atoms with Crippen LogP contribution in [0.3, 0.4) is 0 Å². The van der Waals surface area contributed by atoms with Gasteiger partial charge in [0.25, 0.3) is 0 Å². The third-order valence-corrected chi connectivity index (χ3v) is 3.21. The van der Waals surface area contributed by atoms with Gasteiger partial charge in [0.05, 0.1) is 12.2 Å². The third kappa shape index (κ3) is 2.68. The predicted molar refractivity (Wildman–Crippen MR) is 51.5 cm³/mol. The molecule has 2 fully saturated rings. The lowest BCUT2D eigenvalue weighted by molar-refractivity contribution is 0.0362. The fourth-order valence-electron chi connectivity index (χ4n) is 2.37. The first-order chi connectivity index (χ1) is 6.47. The van der Waals surface area contributed by atoms with Gasteiger partial charge in [-0.1, -0.05) is 38.5 Å². The van der Waals surface area contributed by atoms with Crippen LogP contribution in [-0.4, -0.2) is 19.0 Å². The second kappa shape index (κ2) is 4.97. The molecule has 13 heavy (non-hydrogen) atoms. The van der Waals surface area contributed by atoms with Gasteiger partial charge in [-0.15, -0.1) is 0 Å². The minimum Gasteiger partial charge on any atom is -0.349 e. The first-order valence-corrected chi connectivity index (χ1v) is 5.70. The SMILES string of the molecule is C1CCCCC2OCOC2CCC1. The van der Waals surface area contributed by atoms with Crippen molar-refractivity contribution >= 4 is 0 Å². The molecule has 2 aliphatic rings. The summed E-state index contributed by atoms with van der Waals surface area (Å²) < 4.78 is 11.1. The van der Waals surface area contributed by atoms with Crippen molar-refractivity contribution in [3.8, 4) is 0 Å². The summed E-state index contributed by atoms with van der Waals surface area (Å²) in [4.78, 5) is 0.